The first-order chi connectivity index (χ1) is 16.2. The average molecular weight is 505 g/mol. The van der Waals surface area contributed by atoms with Crippen LogP contribution in [0.2, 0.25) is 0 Å². The first-order valence-corrected chi connectivity index (χ1v) is 11.9. The highest BCUT2D eigenvalue weighted by Gasteiger charge is 2.24. The van der Waals surface area contributed by atoms with Crippen LogP contribution in [0.3, 0.4) is 0 Å². The molecule has 1 aliphatic rings. The van der Waals surface area contributed by atoms with Gasteiger partial charge in [0.05, 0.1) is 0 Å². The molecule has 0 N–H and O–H groups in total. The molecular formula is C27H25BrN2O3. The molecule has 0 unspecified atom stereocenters. The second-order valence-corrected chi connectivity index (χ2v) is 9.08. The van der Waals surface area contributed by atoms with Crippen molar-refractivity contribution in [3.8, 4) is 5.75 Å². The molecule has 0 saturated carbocycles. The highest BCUT2D eigenvalue weighted by molar-refractivity contribution is 9.10. The number of ether oxygens (including phenoxy) is 1. The first-order valence-electron chi connectivity index (χ1n) is 11.1. The third kappa shape index (κ3) is 5.13. The van der Waals surface area contributed by atoms with Crippen LogP contribution >= 0.6 is 15.9 Å². The van der Waals surface area contributed by atoms with Crippen molar-refractivity contribution in [2.45, 2.75) is 13.2 Å². The molecule has 0 bridgehead atoms. The molecule has 4 aromatic rings. The number of nitrogens with zero attached hydrogens (tertiary/aromatic N) is 2. The van der Waals surface area contributed by atoms with Crippen molar-refractivity contribution in [2.24, 2.45) is 0 Å². The Kier molecular flexibility index (Phi) is 6.46. The van der Waals surface area contributed by atoms with Crippen molar-refractivity contribution in [3.05, 3.63) is 100 Å². The summed E-state index contributed by atoms with van der Waals surface area (Å²) < 4.78 is 12.8. The summed E-state index contributed by atoms with van der Waals surface area (Å²) in [4.78, 5) is 17.2. The van der Waals surface area contributed by atoms with Crippen LogP contribution in [0.1, 0.15) is 21.9 Å². The molecule has 168 valence electrons. The number of piperazine rings is 1. The van der Waals surface area contributed by atoms with Crippen LogP contribution in [0.25, 0.3) is 10.8 Å². The largest absolute Gasteiger partial charge is 0.486 e. The number of carbonyl (C=O) groups excluding carboxylic acids is 1. The zero-order chi connectivity index (χ0) is 22.6. The Morgan fingerprint density at radius 1 is 0.879 bits per heavy atom. The van der Waals surface area contributed by atoms with Crippen molar-refractivity contribution in [1.29, 1.82) is 0 Å². The fourth-order valence-electron chi connectivity index (χ4n) is 4.11. The van der Waals surface area contributed by atoms with E-state index in [-0.39, 0.29) is 12.5 Å². The quantitative estimate of drug-likeness (QED) is 0.336. The Hall–Kier alpha value is -3.09. The first kappa shape index (κ1) is 21.7. The predicted molar refractivity (Wildman–Crippen MR) is 132 cm³/mol. The van der Waals surface area contributed by atoms with Crippen molar-refractivity contribution in [2.75, 3.05) is 26.2 Å². The van der Waals surface area contributed by atoms with Gasteiger partial charge in [-0.15, -0.1) is 0 Å². The lowest BCUT2D eigenvalue weighted by atomic mass is 10.1. The van der Waals surface area contributed by atoms with Gasteiger partial charge in [0, 0.05) is 37.2 Å². The van der Waals surface area contributed by atoms with E-state index >= 15 is 0 Å². The fourth-order valence-corrected chi connectivity index (χ4v) is 4.52. The van der Waals surface area contributed by atoms with E-state index in [1.165, 1.54) is 10.9 Å². The molecule has 0 aliphatic carbocycles. The van der Waals surface area contributed by atoms with Crippen molar-refractivity contribution >= 4 is 32.6 Å². The summed E-state index contributed by atoms with van der Waals surface area (Å²) in [5, 5.41) is 2.30. The summed E-state index contributed by atoms with van der Waals surface area (Å²) in [5.74, 6) is 1.72. The number of rotatable bonds is 6. The van der Waals surface area contributed by atoms with Gasteiger partial charge in [-0.1, -0.05) is 64.5 Å². The monoisotopic (exact) mass is 504 g/mol. The molecule has 2 heterocycles. The van der Waals surface area contributed by atoms with E-state index in [0.717, 1.165) is 35.2 Å². The molecular weight excluding hydrogens is 480 g/mol. The summed E-state index contributed by atoms with van der Waals surface area (Å²) in [6.07, 6.45) is 0. The SMILES string of the molecule is O=C(c1ccc(COc2ccc3ccccc3c2)o1)N1CCN(Cc2ccccc2Br)CC1. The Balaban J connectivity index is 1.14. The normalized spacial score (nSPS) is 14.5. The van der Waals surface area contributed by atoms with E-state index in [1.807, 2.05) is 47.4 Å². The second kappa shape index (κ2) is 9.81. The molecule has 0 atom stereocenters. The Labute approximate surface area is 201 Å². The molecule has 1 fully saturated rings. The molecule has 1 aromatic heterocycles. The predicted octanol–water partition coefficient (Wildman–Crippen LogP) is 5.73. The molecule has 33 heavy (non-hydrogen) atoms. The molecule has 3 aromatic carbocycles. The minimum atomic E-state index is -0.0625. The van der Waals surface area contributed by atoms with Gasteiger partial charge in [-0.05, 0) is 46.7 Å². The summed E-state index contributed by atoms with van der Waals surface area (Å²) in [7, 11) is 0. The number of halogens is 1. The third-order valence-electron chi connectivity index (χ3n) is 5.99. The lowest BCUT2D eigenvalue weighted by Crippen LogP contribution is -2.48. The molecule has 1 aliphatic heterocycles. The van der Waals surface area contributed by atoms with Crippen LogP contribution < -0.4 is 4.74 Å². The highest BCUT2D eigenvalue weighted by Crippen LogP contribution is 2.23. The Bertz CT molecular complexity index is 1260. The number of hydrogen-bond donors (Lipinski definition) is 0. The minimum Gasteiger partial charge on any atom is -0.486 e. The maximum absolute atomic E-state index is 12.9. The summed E-state index contributed by atoms with van der Waals surface area (Å²) in [6, 6.07) is 26.0. The van der Waals surface area contributed by atoms with Gasteiger partial charge < -0.3 is 14.1 Å². The Morgan fingerprint density at radius 2 is 1.64 bits per heavy atom. The molecule has 1 saturated heterocycles. The zero-order valence-electron chi connectivity index (χ0n) is 18.2. The van der Waals surface area contributed by atoms with E-state index in [1.54, 1.807) is 6.07 Å². The molecule has 5 nitrogen and oxygen atoms in total. The van der Waals surface area contributed by atoms with Crippen LogP contribution in [0.15, 0.2) is 87.8 Å². The lowest BCUT2D eigenvalue weighted by molar-refractivity contribution is 0.0594. The van der Waals surface area contributed by atoms with E-state index < -0.39 is 0 Å². The van der Waals surface area contributed by atoms with Crippen molar-refractivity contribution in [3.63, 3.8) is 0 Å². The van der Waals surface area contributed by atoms with Gasteiger partial charge in [0.15, 0.2) is 5.76 Å². The van der Waals surface area contributed by atoms with Crippen molar-refractivity contribution < 1.29 is 13.9 Å². The number of amides is 1. The number of carbonyl (C=O) groups is 1. The smallest absolute Gasteiger partial charge is 0.289 e. The van der Waals surface area contributed by atoms with Gasteiger partial charge in [0.25, 0.3) is 5.91 Å². The zero-order valence-corrected chi connectivity index (χ0v) is 19.8. The molecule has 0 radical (unpaired) electrons. The van der Waals surface area contributed by atoms with Gasteiger partial charge in [-0.25, -0.2) is 0 Å². The van der Waals surface area contributed by atoms with Crippen molar-refractivity contribution in [1.82, 2.24) is 9.80 Å². The maximum Gasteiger partial charge on any atom is 0.289 e. The van der Waals surface area contributed by atoms with Crippen LogP contribution in [-0.4, -0.2) is 41.9 Å². The second-order valence-electron chi connectivity index (χ2n) is 8.22. The van der Waals surface area contributed by atoms with E-state index in [4.69, 9.17) is 9.15 Å². The van der Waals surface area contributed by atoms with Gasteiger partial charge in [0.2, 0.25) is 0 Å². The molecule has 0 spiro atoms. The highest BCUT2D eigenvalue weighted by atomic mass is 79.9. The topological polar surface area (TPSA) is 45.9 Å². The number of fused-ring (bicyclic) bond motifs is 1. The number of furan rings is 1. The van der Waals surface area contributed by atoms with E-state index in [2.05, 4.69) is 51.2 Å². The van der Waals surface area contributed by atoms with Gasteiger partial charge in [0.1, 0.15) is 18.1 Å². The van der Waals surface area contributed by atoms with Gasteiger partial charge in [-0.3, -0.25) is 9.69 Å². The minimum absolute atomic E-state index is 0.0625. The lowest BCUT2D eigenvalue weighted by Gasteiger charge is -2.34. The molecule has 1 amide bonds. The van der Waals surface area contributed by atoms with Crippen LogP contribution in [0.5, 0.6) is 5.75 Å². The summed E-state index contributed by atoms with van der Waals surface area (Å²) in [5.41, 5.74) is 1.26. The van der Waals surface area contributed by atoms with Gasteiger partial charge >= 0.3 is 0 Å². The van der Waals surface area contributed by atoms with Crippen LogP contribution in [0.4, 0.5) is 0 Å². The Morgan fingerprint density at radius 3 is 2.45 bits per heavy atom. The number of hydrogen-bond acceptors (Lipinski definition) is 4. The maximum atomic E-state index is 12.9. The third-order valence-corrected chi connectivity index (χ3v) is 6.76. The van der Waals surface area contributed by atoms with Crippen LogP contribution in [-0.2, 0) is 13.2 Å². The molecule has 6 heteroatoms. The van der Waals surface area contributed by atoms with Crippen LogP contribution in [0, 0.1) is 0 Å². The van der Waals surface area contributed by atoms with E-state index in [0.29, 0.717) is 24.6 Å². The molecule has 5 rings (SSSR count). The summed E-state index contributed by atoms with van der Waals surface area (Å²) >= 11 is 3.62. The average Bonchev–Trinajstić information content (AvgIpc) is 3.33. The van der Waals surface area contributed by atoms with E-state index in [9.17, 15) is 4.79 Å². The number of benzene rings is 3. The van der Waals surface area contributed by atoms with Gasteiger partial charge in [-0.2, -0.15) is 0 Å². The standard InChI is InChI=1S/C27H25BrN2O3/c28-25-8-4-3-7-22(25)18-29-13-15-30(16-14-29)27(31)26-12-11-24(33-26)19-32-23-10-9-20-5-1-2-6-21(20)17-23/h1-12,17H,13-16,18-19H2. The summed E-state index contributed by atoms with van der Waals surface area (Å²) in [6.45, 7) is 4.21. The fraction of sp³-hybridized carbons (Fsp3) is 0.222.